The summed E-state index contributed by atoms with van der Waals surface area (Å²) in [5, 5.41) is 0.795. The van der Waals surface area contributed by atoms with Gasteiger partial charge in [-0.1, -0.05) is 35.9 Å². The van der Waals surface area contributed by atoms with Crippen LogP contribution in [0.15, 0.2) is 36.4 Å². The molecule has 1 rings (SSSR count). The predicted octanol–water partition coefficient (Wildman–Crippen LogP) is 3.48. The largest absolute Gasteiger partial charge is 0.381 e. The van der Waals surface area contributed by atoms with Gasteiger partial charge < -0.3 is 4.74 Å². The van der Waals surface area contributed by atoms with Crippen LogP contribution < -0.4 is 0 Å². The summed E-state index contributed by atoms with van der Waals surface area (Å²) in [7, 11) is 1.70. The zero-order chi connectivity index (χ0) is 10.2. The highest BCUT2D eigenvalue weighted by atomic mass is 35.5. The highest BCUT2D eigenvalue weighted by Crippen LogP contribution is 2.10. The van der Waals surface area contributed by atoms with E-state index in [9.17, 15) is 0 Å². The van der Waals surface area contributed by atoms with E-state index in [-0.39, 0.29) is 0 Å². The number of benzene rings is 1. The molecule has 0 atom stereocenters. The second-order valence-electron chi connectivity index (χ2n) is 3.09. The van der Waals surface area contributed by atoms with E-state index in [2.05, 4.69) is 18.2 Å². The van der Waals surface area contributed by atoms with Gasteiger partial charge in [-0.15, -0.1) is 0 Å². The first-order valence-corrected chi connectivity index (χ1v) is 5.09. The zero-order valence-electron chi connectivity index (χ0n) is 8.37. The highest BCUT2D eigenvalue weighted by Gasteiger charge is 1.90. The van der Waals surface area contributed by atoms with Crippen LogP contribution in [-0.4, -0.2) is 13.7 Å². The van der Waals surface area contributed by atoms with Crippen molar-refractivity contribution >= 4 is 11.6 Å². The van der Waals surface area contributed by atoms with Crippen LogP contribution in [0.2, 0.25) is 5.02 Å². The minimum Gasteiger partial charge on any atom is -0.381 e. The van der Waals surface area contributed by atoms with Gasteiger partial charge in [-0.2, -0.15) is 0 Å². The van der Waals surface area contributed by atoms with Crippen molar-refractivity contribution in [3.8, 4) is 0 Å². The molecule has 1 aromatic carbocycles. The number of rotatable bonds is 5. The third-order valence-electron chi connectivity index (χ3n) is 1.94. The van der Waals surface area contributed by atoms with Crippen molar-refractivity contribution in [1.29, 1.82) is 0 Å². The molecule has 1 aromatic rings. The van der Waals surface area contributed by atoms with Crippen LogP contribution in [-0.2, 0) is 11.2 Å². The predicted molar refractivity (Wildman–Crippen MR) is 60.8 cm³/mol. The van der Waals surface area contributed by atoms with E-state index in [0.717, 1.165) is 17.9 Å². The maximum atomic E-state index is 5.78. The van der Waals surface area contributed by atoms with E-state index in [4.69, 9.17) is 16.3 Å². The molecule has 0 bridgehead atoms. The summed E-state index contributed by atoms with van der Waals surface area (Å²) in [5.74, 6) is 0. The SMILES string of the molecule is COCC=CCCc1ccc(Cl)cc1. The number of ether oxygens (including phenoxy) is 1. The number of methoxy groups -OCH3 is 1. The van der Waals surface area contributed by atoms with Gasteiger partial charge in [0.15, 0.2) is 0 Å². The number of aryl methyl sites for hydroxylation is 1. The normalized spacial score (nSPS) is 11.0. The molecule has 0 N–H and O–H groups in total. The highest BCUT2D eigenvalue weighted by molar-refractivity contribution is 6.30. The Morgan fingerprint density at radius 3 is 2.57 bits per heavy atom. The van der Waals surface area contributed by atoms with Crippen LogP contribution in [0.5, 0.6) is 0 Å². The van der Waals surface area contributed by atoms with Crippen molar-refractivity contribution in [2.45, 2.75) is 12.8 Å². The topological polar surface area (TPSA) is 9.23 Å². The third-order valence-corrected chi connectivity index (χ3v) is 2.19. The van der Waals surface area contributed by atoms with Crippen molar-refractivity contribution in [2.75, 3.05) is 13.7 Å². The van der Waals surface area contributed by atoms with E-state index in [1.165, 1.54) is 5.56 Å². The minimum atomic E-state index is 0.695. The Morgan fingerprint density at radius 1 is 1.21 bits per heavy atom. The lowest BCUT2D eigenvalue weighted by Crippen LogP contribution is -1.84. The van der Waals surface area contributed by atoms with Crippen LogP contribution >= 0.6 is 11.6 Å². The average molecular weight is 211 g/mol. The zero-order valence-corrected chi connectivity index (χ0v) is 9.13. The lowest BCUT2D eigenvalue weighted by atomic mass is 10.1. The summed E-state index contributed by atoms with van der Waals surface area (Å²) in [4.78, 5) is 0. The van der Waals surface area contributed by atoms with E-state index in [0.29, 0.717) is 6.61 Å². The van der Waals surface area contributed by atoms with Crippen molar-refractivity contribution in [2.24, 2.45) is 0 Å². The number of allylic oxidation sites excluding steroid dienone is 1. The third kappa shape index (κ3) is 4.45. The van der Waals surface area contributed by atoms with E-state index in [1.54, 1.807) is 7.11 Å². The smallest absolute Gasteiger partial charge is 0.0643 e. The van der Waals surface area contributed by atoms with Crippen LogP contribution in [0.25, 0.3) is 0 Å². The first-order chi connectivity index (χ1) is 6.83. The second kappa shape index (κ2) is 6.63. The Hall–Kier alpha value is -0.790. The fourth-order valence-electron chi connectivity index (χ4n) is 1.18. The molecule has 0 unspecified atom stereocenters. The van der Waals surface area contributed by atoms with Crippen molar-refractivity contribution in [3.05, 3.63) is 47.0 Å². The summed E-state index contributed by atoms with van der Waals surface area (Å²) in [6.07, 6.45) is 6.27. The summed E-state index contributed by atoms with van der Waals surface area (Å²) >= 11 is 5.78. The van der Waals surface area contributed by atoms with Crippen LogP contribution in [0.3, 0.4) is 0 Å². The summed E-state index contributed by atoms with van der Waals surface area (Å²) < 4.78 is 4.91. The molecule has 0 aliphatic carbocycles. The lowest BCUT2D eigenvalue weighted by Gasteiger charge is -1.97. The van der Waals surface area contributed by atoms with E-state index >= 15 is 0 Å². The average Bonchev–Trinajstić information content (AvgIpc) is 2.21. The number of halogens is 1. The summed E-state index contributed by atoms with van der Waals surface area (Å²) in [5.41, 5.74) is 1.32. The Labute approximate surface area is 90.3 Å². The Kier molecular flexibility index (Phi) is 5.35. The molecular formula is C12H15ClO. The monoisotopic (exact) mass is 210 g/mol. The van der Waals surface area contributed by atoms with Crippen LogP contribution in [0, 0.1) is 0 Å². The molecular weight excluding hydrogens is 196 g/mol. The maximum Gasteiger partial charge on any atom is 0.0643 e. The number of hydrogen-bond donors (Lipinski definition) is 0. The standard InChI is InChI=1S/C12H15ClO/c1-14-10-4-2-3-5-11-6-8-12(13)9-7-11/h2,4,6-9H,3,5,10H2,1H3. The molecule has 1 nitrogen and oxygen atoms in total. The summed E-state index contributed by atoms with van der Waals surface area (Å²) in [6, 6.07) is 7.98. The molecule has 2 heteroatoms. The van der Waals surface area contributed by atoms with Gasteiger partial charge in [-0.25, -0.2) is 0 Å². The molecule has 76 valence electrons. The fourth-order valence-corrected chi connectivity index (χ4v) is 1.31. The van der Waals surface area contributed by atoms with Gasteiger partial charge in [0, 0.05) is 12.1 Å². The molecule has 14 heavy (non-hydrogen) atoms. The Morgan fingerprint density at radius 2 is 1.93 bits per heavy atom. The van der Waals surface area contributed by atoms with Crippen molar-refractivity contribution < 1.29 is 4.74 Å². The van der Waals surface area contributed by atoms with Gasteiger partial charge in [-0.05, 0) is 30.5 Å². The molecule has 0 heterocycles. The molecule has 0 saturated carbocycles. The summed E-state index contributed by atoms with van der Waals surface area (Å²) in [6.45, 7) is 0.695. The first kappa shape index (κ1) is 11.3. The van der Waals surface area contributed by atoms with Gasteiger partial charge in [0.25, 0.3) is 0 Å². The Bertz CT molecular complexity index is 277. The van der Waals surface area contributed by atoms with Crippen LogP contribution in [0.4, 0.5) is 0 Å². The second-order valence-corrected chi connectivity index (χ2v) is 3.53. The van der Waals surface area contributed by atoms with Gasteiger partial charge in [0.1, 0.15) is 0 Å². The quantitative estimate of drug-likeness (QED) is 0.677. The molecule has 0 saturated heterocycles. The molecule has 0 aliphatic rings. The van der Waals surface area contributed by atoms with Gasteiger partial charge in [0.2, 0.25) is 0 Å². The fraction of sp³-hybridized carbons (Fsp3) is 0.333. The first-order valence-electron chi connectivity index (χ1n) is 4.71. The van der Waals surface area contributed by atoms with E-state index in [1.807, 2.05) is 18.2 Å². The Balaban J connectivity index is 2.28. The minimum absolute atomic E-state index is 0.695. The van der Waals surface area contributed by atoms with Crippen LogP contribution in [0.1, 0.15) is 12.0 Å². The molecule has 0 aromatic heterocycles. The maximum absolute atomic E-state index is 5.78. The molecule has 0 radical (unpaired) electrons. The molecule has 0 spiro atoms. The van der Waals surface area contributed by atoms with E-state index < -0.39 is 0 Å². The molecule has 0 aliphatic heterocycles. The lowest BCUT2D eigenvalue weighted by molar-refractivity contribution is 0.233. The van der Waals surface area contributed by atoms with Crippen molar-refractivity contribution in [3.63, 3.8) is 0 Å². The van der Waals surface area contributed by atoms with Gasteiger partial charge in [-0.3, -0.25) is 0 Å². The van der Waals surface area contributed by atoms with Gasteiger partial charge in [0.05, 0.1) is 6.61 Å². The molecule has 0 amide bonds. The number of hydrogen-bond acceptors (Lipinski definition) is 1. The molecule has 0 fully saturated rings. The van der Waals surface area contributed by atoms with Gasteiger partial charge >= 0.3 is 0 Å². The van der Waals surface area contributed by atoms with Crippen molar-refractivity contribution in [1.82, 2.24) is 0 Å².